The largest absolute Gasteiger partial charge is 0.298 e. The first kappa shape index (κ1) is 16.0. The zero-order chi connectivity index (χ0) is 16.9. The highest BCUT2D eigenvalue weighted by Gasteiger charge is 2.10. The van der Waals surface area contributed by atoms with E-state index in [2.05, 4.69) is 10.3 Å². The molecule has 0 aliphatic rings. The topological polar surface area (TPSA) is 85.1 Å². The molecule has 0 radical (unpaired) electrons. The normalized spacial score (nSPS) is 10.8. The summed E-state index contributed by atoms with van der Waals surface area (Å²) in [6.45, 7) is 0. The quantitative estimate of drug-likeness (QED) is 0.416. The highest BCUT2D eigenvalue weighted by atomic mass is 32.1. The average molecular weight is 357 g/mol. The summed E-state index contributed by atoms with van der Waals surface area (Å²) >= 11 is 2.81. The fourth-order valence-corrected chi connectivity index (χ4v) is 3.27. The molecule has 1 aromatic carbocycles. The molecular weight excluding hydrogens is 346 g/mol. The van der Waals surface area contributed by atoms with E-state index >= 15 is 0 Å². The molecule has 2 aromatic heterocycles. The van der Waals surface area contributed by atoms with Gasteiger partial charge in [-0.25, -0.2) is 4.98 Å². The van der Waals surface area contributed by atoms with E-state index in [-0.39, 0.29) is 11.6 Å². The molecule has 0 saturated heterocycles. The van der Waals surface area contributed by atoms with Crippen molar-refractivity contribution in [1.29, 1.82) is 0 Å². The molecular formula is C16H11N3O3S2. The Morgan fingerprint density at radius 1 is 1.25 bits per heavy atom. The number of nitrogens with zero attached hydrogens (tertiary/aromatic N) is 2. The molecule has 24 heavy (non-hydrogen) atoms. The number of amides is 1. The number of non-ortho nitro benzene ring substituents is 1. The first-order valence-corrected chi connectivity index (χ1v) is 8.61. The van der Waals surface area contributed by atoms with Crippen LogP contribution in [0.2, 0.25) is 0 Å². The van der Waals surface area contributed by atoms with Crippen molar-refractivity contribution >= 4 is 45.5 Å². The van der Waals surface area contributed by atoms with Crippen LogP contribution < -0.4 is 5.32 Å². The molecule has 3 aromatic rings. The number of nitrogens with one attached hydrogen (secondary N) is 1. The number of hydrogen-bond acceptors (Lipinski definition) is 6. The molecule has 0 atom stereocenters. The SMILES string of the molecule is O=C(C=Cc1cccs1)Nc1nc(-c2cccc([N+](=O)[O-])c2)cs1. The number of nitro benzene ring substituents is 1. The molecule has 6 nitrogen and oxygen atoms in total. The van der Waals surface area contributed by atoms with Crippen molar-refractivity contribution in [1.82, 2.24) is 4.98 Å². The fourth-order valence-electron chi connectivity index (χ4n) is 1.93. The number of rotatable bonds is 5. The third kappa shape index (κ3) is 3.92. The van der Waals surface area contributed by atoms with Crippen molar-refractivity contribution in [2.24, 2.45) is 0 Å². The summed E-state index contributed by atoms with van der Waals surface area (Å²) in [5.41, 5.74) is 1.22. The van der Waals surface area contributed by atoms with E-state index in [0.717, 1.165) is 4.88 Å². The third-order valence-corrected chi connectivity index (χ3v) is 4.62. The maximum absolute atomic E-state index is 11.9. The van der Waals surface area contributed by atoms with E-state index < -0.39 is 4.92 Å². The number of aromatic nitrogens is 1. The van der Waals surface area contributed by atoms with E-state index in [9.17, 15) is 14.9 Å². The Balaban J connectivity index is 1.70. The lowest BCUT2D eigenvalue weighted by atomic mass is 10.1. The number of nitro groups is 1. The second-order valence-corrected chi connectivity index (χ2v) is 6.52. The van der Waals surface area contributed by atoms with E-state index in [4.69, 9.17) is 0 Å². The van der Waals surface area contributed by atoms with Gasteiger partial charge >= 0.3 is 0 Å². The van der Waals surface area contributed by atoms with Crippen LogP contribution in [-0.2, 0) is 4.79 Å². The Kier molecular flexibility index (Phi) is 4.78. The predicted octanol–water partition coefficient (Wildman–Crippen LogP) is 4.43. The summed E-state index contributed by atoms with van der Waals surface area (Å²) in [5.74, 6) is -0.275. The van der Waals surface area contributed by atoms with Gasteiger partial charge in [0, 0.05) is 34.0 Å². The van der Waals surface area contributed by atoms with Crippen LogP contribution in [0.3, 0.4) is 0 Å². The van der Waals surface area contributed by atoms with Crippen LogP contribution in [0.15, 0.2) is 53.2 Å². The summed E-state index contributed by atoms with van der Waals surface area (Å²) in [4.78, 5) is 27.5. The van der Waals surface area contributed by atoms with Crippen molar-refractivity contribution in [2.75, 3.05) is 5.32 Å². The number of benzene rings is 1. The fraction of sp³-hybridized carbons (Fsp3) is 0. The van der Waals surface area contributed by atoms with Crippen LogP contribution >= 0.6 is 22.7 Å². The van der Waals surface area contributed by atoms with E-state index in [0.29, 0.717) is 16.4 Å². The Morgan fingerprint density at radius 3 is 2.88 bits per heavy atom. The monoisotopic (exact) mass is 357 g/mol. The number of thiophene rings is 1. The maximum atomic E-state index is 11.9. The molecule has 0 spiro atoms. The van der Waals surface area contributed by atoms with Gasteiger partial charge in [0.05, 0.1) is 10.6 Å². The zero-order valence-corrected chi connectivity index (χ0v) is 13.8. The van der Waals surface area contributed by atoms with Crippen LogP contribution in [0.1, 0.15) is 4.88 Å². The van der Waals surface area contributed by atoms with Gasteiger partial charge in [-0.15, -0.1) is 22.7 Å². The minimum absolute atomic E-state index is 0.00460. The second kappa shape index (κ2) is 7.16. The van der Waals surface area contributed by atoms with E-state index in [1.807, 2.05) is 17.5 Å². The molecule has 0 fully saturated rings. The van der Waals surface area contributed by atoms with E-state index in [1.165, 1.54) is 29.5 Å². The van der Waals surface area contributed by atoms with Gasteiger partial charge in [-0.05, 0) is 17.5 Å². The van der Waals surface area contributed by atoms with Gasteiger partial charge in [-0.1, -0.05) is 18.2 Å². The molecule has 0 aliphatic carbocycles. The summed E-state index contributed by atoms with van der Waals surface area (Å²) in [5, 5.41) is 17.6. The van der Waals surface area contributed by atoms with Crippen molar-refractivity contribution in [2.45, 2.75) is 0 Å². The molecule has 0 aliphatic heterocycles. The van der Waals surface area contributed by atoms with Crippen molar-refractivity contribution in [3.8, 4) is 11.3 Å². The number of carbonyl (C=O) groups excluding carboxylic acids is 1. The lowest BCUT2D eigenvalue weighted by molar-refractivity contribution is -0.384. The van der Waals surface area contributed by atoms with Gasteiger partial charge in [-0.3, -0.25) is 20.2 Å². The molecule has 0 saturated carbocycles. The van der Waals surface area contributed by atoms with Gasteiger partial charge in [0.1, 0.15) is 0 Å². The zero-order valence-electron chi connectivity index (χ0n) is 12.2. The first-order chi connectivity index (χ1) is 11.6. The Hall–Kier alpha value is -2.84. The Labute approximate surface area is 145 Å². The highest BCUT2D eigenvalue weighted by Crippen LogP contribution is 2.27. The van der Waals surface area contributed by atoms with Crippen LogP contribution in [0, 0.1) is 10.1 Å². The molecule has 3 rings (SSSR count). The maximum Gasteiger partial charge on any atom is 0.270 e. The molecule has 120 valence electrons. The standard InChI is InChI=1S/C16H11N3O3S2/c20-15(7-6-13-5-2-8-23-13)18-16-17-14(10-24-16)11-3-1-4-12(9-11)19(21)22/h1-10H,(H,17,18,20). The number of thiazole rings is 1. The Morgan fingerprint density at radius 2 is 2.12 bits per heavy atom. The Bertz CT molecular complexity index is 901. The van der Waals surface area contributed by atoms with Crippen molar-refractivity contribution < 1.29 is 9.72 Å². The first-order valence-electron chi connectivity index (χ1n) is 6.85. The number of hydrogen-bond donors (Lipinski definition) is 1. The molecule has 1 amide bonds. The number of carbonyl (C=O) groups is 1. The summed E-state index contributed by atoms with van der Waals surface area (Å²) in [7, 11) is 0. The van der Waals surface area contributed by atoms with Crippen LogP contribution in [-0.4, -0.2) is 15.8 Å². The van der Waals surface area contributed by atoms with Crippen LogP contribution in [0.25, 0.3) is 17.3 Å². The lowest BCUT2D eigenvalue weighted by Crippen LogP contribution is -2.07. The minimum atomic E-state index is -0.450. The predicted molar refractivity (Wildman–Crippen MR) is 96.2 cm³/mol. The van der Waals surface area contributed by atoms with Gasteiger partial charge in [-0.2, -0.15) is 0 Å². The van der Waals surface area contributed by atoms with Gasteiger partial charge < -0.3 is 0 Å². The van der Waals surface area contributed by atoms with Crippen molar-refractivity contribution in [3.63, 3.8) is 0 Å². The van der Waals surface area contributed by atoms with Crippen LogP contribution in [0.4, 0.5) is 10.8 Å². The smallest absolute Gasteiger partial charge is 0.270 e. The van der Waals surface area contributed by atoms with Gasteiger partial charge in [0.25, 0.3) is 5.69 Å². The van der Waals surface area contributed by atoms with E-state index in [1.54, 1.807) is 34.9 Å². The lowest BCUT2D eigenvalue weighted by Gasteiger charge is -1.97. The summed E-state index contributed by atoms with van der Waals surface area (Å²) in [6.07, 6.45) is 3.18. The molecule has 8 heteroatoms. The van der Waals surface area contributed by atoms with Crippen LogP contribution in [0.5, 0.6) is 0 Å². The summed E-state index contributed by atoms with van der Waals surface area (Å²) < 4.78 is 0. The second-order valence-electron chi connectivity index (χ2n) is 4.68. The number of anilines is 1. The highest BCUT2D eigenvalue weighted by molar-refractivity contribution is 7.14. The average Bonchev–Trinajstić information content (AvgIpc) is 3.25. The van der Waals surface area contributed by atoms with Gasteiger partial charge in [0.15, 0.2) is 5.13 Å². The molecule has 0 unspecified atom stereocenters. The third-order valence-electron chi connectivity index (χ3n) is 3.03. The molecule has 2 heterocycles. The van der Waals surface area contributed by atoms with Crippen molar-refractivity contribution in [3.05, 3.63) is 68.2 Å². The van der Waals surface area contributed by atoms with Gasteiger partial charge in [0.2, 0.25) is 5.91 Å². The molecule has 0 bridgehead atoms. The minimum Gasteiger partial charge on any atom is -0.298 e. The molecule has 1 N–H and O–H groups in total. The summed E-state index contributed by atoms with van der Waals surface area (Å²) in [6, 6.07) is 10.1.